The molecule has 5 nitrogen and oxygen atoms in total. The van der Waals surface area contributed by atoms with Crippen LogP contribution < -0.4 is 14.8 Å². The Morgan fingerprint density at radius 1 is 1.28 bits per heavy atom. The lowest BCUT2D eigenvalue weighted by atomic mass is 10.2. The van der Waals surface area contributed by atoms with Crippen molar-refractivity contribution in [1.82, 2.24) is 14.9 Å². The fourth-order valence-corrected chi connectivity index (χ4v) is 1.77. The molecular weight excluding hydrogens is 230 g/mol. The molecule has 18 heavy (non-hydrogen) atoms. The number of ether oxygens (including phenoxy) is 2. The zero-order valence-corrected chi connectivity index (χ0v) is 10.8. The van der Waals surface area contributed by atoms with E-state index in [1.165, 1.54) is 0 Å². The Bertz CT molecular complexity index is 523. The maximum Gasteiger partial charge on any atom is 0.143 e. The summed E-state index contributed by atoms with van der Waals surface area (Å²) in [5, 5.41) is 3.07. The number of nitrogens with one attached hydrogen (secondary N) is 1. The summed E-state index contributed by atoms with van der Waals surface area (Å²) in [5.74, 6) is 1.57. The van der Waals surface area contributed by atoms with Crippen LogP contribution in [0.2, 0.25) is 0 Å². The zero-order valence-electron chi connectivity index (χ0n) is 10.8. The second-order valence-electron chi connectivity index (χ2n) is 3.84. The van der Waals surface area contributed by atoms with Crippen LogP contribution in [-0.4, -0.2) is 30.8 Å². The van der Waals surface area contributed by atoms with Crippen molar-refractivity contribution in [3.05, 3.63) is 36.4 Å². The average molecular weight is 247 g/mol. The summed E-state index contributed by atoms with van der Waals surface area (Å²) in [6, 6.07) is 5.67. The normalized spacial score (nSPS) is 10.4. The maximum atomic E-state index is 5.35. The summed E-state index contributed by atoms with van der Waals surface area (Å²) >= 11 is 0. The summed E-state index contributed by atoms with van der Waals surface area (Å²) in [6.07, 6.45) is 3.73. The third-order valence-electron chi connectivity index (χ3n) is 2.66. The van der Waals surface area contributed by atoms with Gasteiger partial charge in [-0.3, -0.25) is 0 Å². The Morgan fingerprint density at radius 3 is 2.78 bits per heavy atom. The van der Waals surface area contributed by atoms with Gasteiger partial charge < -0.3 is 19.4 Å². The molecule has 0 saturated carbocycles. The van der Waals surface area contributed by atoms with Gasteiger partial charge in [0.25, 0.3) is 0 Å². The minimum absolute atomic E-state index is 0.735. The molecule has 0 amide bonds. The van der Waals surface area contributed by atoms with Crippen LogP contribution in [0.3, 0.4) is 0 Å². The molecule has 0 unspecified atom stereocenters. The van der Waals surface area contributed by atoms with Gasteiger partial charge in [0.1, 0.15) is 11.5 Å². The van der Waals surface area contributed by atoms with Crippen molar-refractivity contribution in [3.8, 4) is 17.2 Å². The predicted octanol–water partition coefficient (Wildman–Crippen LogP) is 1.61. The highest BCUT2D eigenvalue weighted by Crippen LogP contribution is 2.27. The fraction of sp³-hybridized carbons (Fsp3) is 0.308. The smallest absolute Gasteiger partial charge is 0.143 e. The molecule has 5 heteroatoms. The van der Waals surface area contributed by atoms with E-state index >= 15 is 0 Å². The van der Waals surface area contributed by atoms with Gasteiger partial charge in [-0.25, -0.2) is 4.98 Å². The van der Waals surface area contributed by atoms with Crippen molar-refractivity contribution in [3.63, 3.8) is 0 Å². The quantitative estimate of drug-likeness (QED) is 0.872. The minimum atomic E-state index is 0.735. The topological polar surface area (TPSA) is 48.3 Å². The van der Waals surface area contributed by atoms with Gasteiger partial charge in [-0.15, -0.1) is 0 Å². The predicted molar refractivity (Wildman–Crippen MR) is 69.4 cm³/mol. The molecule has 1 heterocycles. The van der Waals surface area contributed by atoms with Gasteiger partial charge in [0.15, 0.2) is 0 Å². The number of benzene rings is 1. The first-order valence-electron chi connectivity index (χ1n) is 5.68. The number of hydrogen-bond acceptors (Lipinski definition) is 4. The average Bonchev–Trinajstić information content (AvgIpc) is 2.87. The third kappa shape index (κ3) is 2.46. The first-order chi connectivity index (χ1) is 8.78. The van der Waals surface area contributed by atoms with E-state index in [4.69, 9.17) is 9.47 Å². The zero-order chi connectivity index (χ0) is 13.0. The SMILES string of the molecule is CNCc1cn(-c2cc(OC)ccc2OC)cn1. The van der Waals surface area contributed by atoms with Gasteiger partial charge in [0.05, 0.1) is 31.9 Å². The van der Waals surface area contributed by atoms with Gasteiger partial charge in [-0.05, 0) is 19.2 Å². The van der Waals surface area contributed by atoms with Gasteiger partial charge >= 0.3 is 0 Å². The molecule has 0 aliphatic heterocycles. The Labute approximate surface area is 106 Å². The second kappa shape index (κ2) is 5.55. The molecule has 0 saturated heterocycles. The van der Waals surface area contributed by atoms with Gasteiger partial charge in [-0.1, -0.05) is 0 Å². The molecule has 1 aromatic carbocycles. The summed E-state index contributed by atoms with van der Waals surface area (Å²) < 4.78 is 12.5. The summed E-state index contributed by atoms with van der Waals surface area (Å²) in [5.41, 5.74) is 1.88. The first kappa shape index (κ1) is 12.4. The van der Waals surface area contributed by atoms with Crippen LogP contribution in [0, 0.1) is 0 Å². The van der Waals surface area contributed by atoms with Crippen molar-refractivity contribution in [2.45, 2.75) is 6.54 Å². The van der Waals surface area contributed by atoms with Crippen molar-refractivity contribution >= 4 is 0 Å². The fourth-order valence-electron chi connectivity index (χ4n) is 1.77. The van der Waals surface area contributed by atoms with E-state index in [1.54, 1.807) is 20.5 Å². The van der Waals surface area contributed by atoms with Crippen molar-refractivity contribution in [1.29, 1.82) is 0 Å². The Hall–Kier alpha value is -2.01. The van der Waals surface area contributed by atoms with Crippen molar-refractivity contribution < 1.29 is 9.47 Å². The highest BCUT2D eigenvalue weighted by atomic mass is 16.5. The lowest BCUT2D eigenvalue weighted by Crippen LogP contribution is -2.05. The number of nitrogens with zero attached hydrogens (tertiary/aromatic N) is 2. The number of rotatable bonds is 5. The molecule has 1 aromatic heterocycles. The molecule has 1 N–H and O–H groups in total. The highest BCUT2D eigenvalue weighted by molar-refractivity contribution is 5.51. The van der Waals surface area contributed by atoms with Crippen LogP contribution in [0.4, 0.5) is 0 Å². The number of aromatic nitrogens is 2. The van der Waals surface area contributed by atoms with Crippen LogP contribution in [0.1, 0.15) is 5.69 Å². The van der Waals surface area contributed by atoms with E-state index < -0.39 is 0 Å². The molecule has 2 rings (SSSR count). The molecule has 0 bridgehead atoms. The lowest BCUT2D eigenvalue weighted by Gasteiger charge is -2.10. The third-order valence-corrected chi connectivity index (χ3v) is 2.66. The minimum Gasteiger partial charge on any atom is -0.497 e. The van der Waals surface area contributed by atoms with Gasteiger partial charge in [-0.2, -0.15) is 0 Å². The van der Waals surface area contributed by atoms with Crippen LogP contribution >= 0.6 is 0 Å². The number of imidazole rings is 1. The van der Waals surface area contributed by atoms with Crippen molar-refractivity contribution in [2.24, 2.45) is 0 Å². The molecule has 0 spiro atoms. The van der Waals surface area contributed by atoms with Crippen molar-refractivity contribution in [2.75, 3.05) is 21.3 Å². The molecule has 0 aliphatic rings. The molecular formula is C13H17N3O2. The maximum absolute atomic E-state index is 5.35. The Morgan fingerprint density at radius 2 is 2.11 bits per heavy atom. The van der Waals surface area contributed by atoms with Gasteiger partial charge in [0, 0.05) is 18.8 Å². The second-order valence-corrected chi connectivity index (χ2v) is 3.84. The lowest BCUT2D eigenvalue weighted by molar-refractivity contribution is 0.401. The van der Waals surface area contributed by atoms with Crippen LogP contribution in [0.25, 0.3) is 5.69 Å². The van der Waals surface area contributed by atoms with E-state index in [-0.39, 0.29) is 0 Å². The molecule has 0 fully saturated rings. The largest absolute Gasteiger partial charge is 0.497 e. The standard InChI is InChI=1S/C13H17N3O2/c1-14-7-10-8-16(9-15-10)12-6-11(17-2)4-5-13(12)18-3/h4-6,8-9,14H,7H2,1-3H3. The molecule has 0 atom stereocenters. The van der Waals surface area contributed by atoms with Gasteiger partial charge in [0.2, 0.25) is 0 Å². The van der Waals surface area contributed by atoms with Crippen LogP contribution in [0.15, 0.2) is 30.7 Å². The van der Waals surface area contributed by atoms with E-state index in [2.05, 4.69) is 10.3 Å². The summed E-state index contributed by atoms with van der Waals surface area (Å²) in [6.45, 7) is 0.735. The Balaban J connectivity index is 2.40. The molecule has 2 aromatic rings. The molecule has 96 valence electrons. The summed E-state index contributed by atoms with van der Waals surface area (Å²) in [4.78, 5) is 4.32. The summed E-state index contributed by atoms with van der Waals surface area (Å²) in [7, 11) is 5.19. The Kier molecular flexibility index (Phi) is 3.84. The monoisotopic (exact) mass is 247 g/mol. The van der Waals surface area contributed by atoms with E-state index in [1.807, 2.05) is 36.0 Å². The number of hydrogen-bond donors (Lipinski definition) is 1. The van der Waals surface area contributed by atoms with Crippen LogP contribution in [0.5, 0.6) is 11.5 Å². The van der Waals surface area contributed by atoms with Crippen LogP contribution in [-0.2, 0) is 6.54 Å². The highest BCUT2D eigenvalue weighted by Gasteiger charge is 2.08. The molecule has 0 radical (unpaired) electrons. The first-order valence-corrected chi connectivity index (χ1v) is 5.68. The van der Waals surface area contributed by atoms with E-state index in [9.17, 15) is 0 Å². The molecule has 0 aliphatic carbocycles. The number of methoxy groups -OCH3 is 2. The van der Waals surface area contributed by atoms with E-state index in [0.29, 0.717) is 0 Å². The van der Waals surface area contributed by atoms with E-state index in [0.717, 1.165) is 29.4 Å².